The van der Waals surface area contributed by atoms with Crippen LogP contribution in [0.25, 0.3) is 16.2 Å². The van der Waals surface area contributed by atoms with Crippen molar-refractivity contribution < 1.29 is 13.6 Å². The van der Waals surface area contributed by atoms with Crippen LogP contribution in [0, 0.1) is 17.6 Å². The van der Waals surface area contributed by atoms with Crippen LogP contribution in [-0.4, -0.2) is 33.6 Å². The van der Waals surface area contributed by atoms with Crippen molar-refractivity contribution in [3.05, 3.63) is 71.9 Å². The Morgan fingerprint density at radius 3 is 2.34 bits per heavy atom. The number of amides is 1. The van der Waals surface area contributed by atoms with E-state index in [1.54, 1.807) is 28.8 Å². The molecule has 0 spiro atoms. The van der Waals surface area contributed by atoms with Gasteiger partial charge in [-0.2, -0.15) is 0 Å². The number of nitrogens with one attached hydrogen (secondary N) is 1. The van der Waals surface area contributed by atoms with Crippen LogP contribution in [0.2, 0.25) is 0 Å². The zero-order valence-corrected chi connectivity index (χ0v) is 18.0. The maximum absolute atomic E-state index is 13.1. The molecule has 3 heterocycles. The third-order valence-electron chi connectivity index (χ3n) is 5.69. The number of aromatic nitrogens is 3. The molecule has 1 aliphatic rings. The smallest absolute Gasteiger partial charge is 0.223 e. The van der Waals surface area contributed by atoms with E-state index < -0.39 is 0 Å². The fourth-order valence-corrected chi connectivity index (χ4v) is 4.78. The number of hydrogen-bond acceptors (Lipinski definition) is 5. The molecule has 6 nitrogen and oxygen atoms in total. The largest absolute Gasteiger partial charge is 0.352 e. The molecule has 1 aliphatic heterocycles. The minimum absolute atomic E-state index is 0.0341. The third kappa shape index (κ3) is 4.34. The van der Waals surface area contributed by atoms with E-state index in [0.717, 1.165) is 52.8 Å². The Labute approximate surface area is 187 Å². The first-order valence-electron chi connectivity index (χ1n) is 10.4. The van der Waals surface area contributed by atoms with E-state index in [1.807, 2.05) is 6.20 Å². The minimum Gasteiger partial charge on any atom is -0.352 e. The molecule has 1 N–H and O–H groups in total. The van der Waals surface area contributed by atoms with Gasteiger partial charge in [0.05, 0.1) is 11.9 Å². The summed E-state index contributed by atoms with van der Waals surface area (Å²) in [6, 6.07) is 12.4. The number of rotatable bonds is 5. The van der Waals surface area contributed by atoms with Gasteiger partial charge in [-0.3, -0.25) is 4.79 Å². The van der Waals surface area contributed by atoms with E-state index in [0.29, 0.717) is 6.54 Å². The van der Waals surface area contributed by atoms with Crippen molar-refractivity contribution in [1.82, 2.24) is 19.9 Å². The summed E-state index contributed by atoms with van der Waals surface area (Å²) in [7, 11) is 0. The topological polar surface area (TPSA) is 62.5 Å². The molecule has 0 saturated carbocycles. The maximum atomic E-state index is 13.1. The molecule has 9 heteroatoms. The lowest BCUT2D eigenvalue weighted by Gasteiger charge is -2.30. The summed E-state index contributed by atoms with van der Waals surface area (Å²) in [5.74, 6) is -0.566. The summed E-state index contributed by atoms with van der Waals surface area (Å²) >= 11 is 1.50. The number of halogens is 2. The molecule has 2 aromatic heterocycles. The average Bonchev–Trinajstić information content (AvgIpc) is 3.39. The van der Waals surface area contributed by atoms with E-state index in [-0.39, 0.29) is 23.5 Å². The van der Waals surface area contributed by atoms with Gasteiger partial charge in [0.15, 0.2) is 0 Å². The SMILES string of the molecule is O=C(NCc1ccc(F)cc1)C1CCN(c2nn3cc(-c4ccc(F)cc4)nc3s2)CC1. The van der Waals surface area contributed by atoms with Crippen LogP contribution in [0.4, 0.5) is 13.9 Å². The standard InChI is InChI=1S/C23H21F2N5OS/c24-18-5-1-15(2-6-18)13-26-21(31)17-9-11-29(12-10-17)23-28-30-14-20(27-22(30)32-23)16-3-7-19(25)8-4-16/h1-8,14,17H,9-13H2,(H,26,31). The number of nitrogens with zero attached hydrogens (tertiary/aromatic N) is 4. The summed E-state index contributed by atoms with van der Waals surface area (Å²) in [4.78, 5) is 20.1. The van der Waals surface area contributed by atoms with Crippen molar-refractivity contribution in [2.24, 2.45) is 5.92 Å². The van der Waals surface area contributed by atoms with Gasteiger partial charge in [-0.25, -0.2) is 18.3 Å². The van der Waals surface area contributed by atoms with E-state index in [4.69, 9.17) is 0 Å². The van der Waals surface area contributed by atoms with E-state index in [1.165, 1.54) is 35.6 Å². The number of benzene rings is 2. The lowest BCUT2D eigenvalue weighted by atomic mass is 9.96. The highest BCUT2D eigenvalue weighted by atomic mass is 32.1. The second-order valence-corrected chi connectivity index (χ2v) is 8.78. The molecule has 2 aromatic carbocycles. The van der Waals surface area contributed by atoms with Gasteiger partial charge in [0.25, 0.3) is 0 Å². The molecule has 0 unspecified atom stereocenters. The van der Waals surface area contributed by atoms with Crippen LogP contribution in [0.15, 0.2) is 54.7 Å². The maximum Gasteiger partial charge on any atom is 0.223 e. The molecule has 0 bridgehead atoms. The molecule has 0 aliphatic carbocycles. The van der Waals surface area contributed by atoms with Gasteiger partial charge in [-0.1, -0.05) is 23.5 Å². The van der Waals surface area contributed by atoms with Gasteiger partial charge in [-0.05, 0) is 54.8 Å². The molecule has 32 heavy (non-hydrogen) atoms. The summed E-state index contributed by atoms with van der Waals surface area (Å²) in [5.41, 5.74) is 2.48. The number of piperidine rings is 1. The highest BCUT2D eigenvalue weighted by Gasteiger charge is 2.26. The Kier molecular flexibility index (Phi) is 5.57. The highest BCUT2D eigenvalue weighted by Crippen LogP contribution is 2.29. The van der Waals surface area contributed by atoms with Gasteiger partial charge < -0.3 is 10.2 Å². The molecular formula is C23H21F2N5OS. The number of anilines is 1. The second-order valence-electron chi connectivity index (χ2n) is 7.85. The van der Waals surface area contributed by atoms with E-state index >= 15 is 0 Å². The first kappa shape index (κ1) is 20.6. The first-order chi connectivity index (χ1) is 15.5. The molecule has 0 atom stereocenters. The zero-order valence-electron chi connectivity index (χ0n) is 17.2. The highest BCUT2D eigenvalue weighted by molar-refractivity contribution is 7.20. The Balaban J connectivity index is 1.17. The number of imidazole rings is 1. The fraction of sp³-hybridized carbons (Fsp3) is 0.261. The monoisotopic (exact) mass is 453 g/mol. The van der Waals surface area contributed by atoms with E-state index in [9.17, 15) is 13.6 Å². The van der Waals surface area contributed by atoms with Crippen LogP contribution in [-0.2, 0) is 11.3 Å². The molecule has 4 aromatic rings. The van der Waals surface area contributed by atoms with E-state index in [2.05, 4.69) is 20.3 Å². The van der Waals surface area contributed by atoms with Crippen LogP contribution in [0.5, 0.6) is 0 Å². The Morgan fingerprint density at radius 2 is 1.69 bits per heavy atom. The molecule has 0 radical (unpaired) electrons. The van der Waals surface area contributed by atoms with Gasteiger partial charge in [0.2, 0.25) is 16.0 Å². The zero-order chi connectivity index (χ0) is 22.1. The second kappa shape index (κ2) is 8.66. The van der Waals surface area contributed by atoms with Crippen LogP contribution < -0.4 is 10.2 Å². The number of fused-ring (bicyclic) bond motifs is 1. The molecule has 1 amide bonds. The van der Waals surface area contributed by atoms with Crippen molar-refractivity contribution >= 4 is 27.3 Å². The van der Waals surface area contributed by atoms with Gasteiger partial charge >= 0.3 is 0 Å². The molecule has 164 valence electrons. The number of hydrogen-bond donors (Lipinski definition) is 1. The average molecular weight is 454 g/mol. The number of carbonyl (C=O) groups is 1. The minimum atomic E-state index is -0.284. The van der Waals surface area contributed by atoms with Crippen molar-refractivity contribution in [2.75, 3.05) is 18.0 Å². The predicted molar refractivity (Wildman–Crippen MR) is 119 cm³/mol. The van der Waals surface area contributed by atoms with Crippen LogP contribution >= 0.6 is 11.3 Å². The lowest BCUT2D eigenvalue weighted by molar-refractivity contribution is -0.125. The Hall–Kier alpha value is -3.33. The molecular weight excluding hydrogens is 432 g/mol. The van der Waals surface area contributed by atoms with Crippen molar-refractivity contribution in [1.29, 1.82) is 0 Å². The summed E-state index contributed by atoms with van der Waals surface area (Å²) in [6.45, 7) is 1.89. The first-order valence-corrected chi connectivity index (χ1v) is 11.3. The quantitative estimate of drug-likeness (QED) is 0.490. The van der Waals surface area contributed by atoms with Gasteiger partial charge in [0.1, 0.15) is 11.6 Å². The lowest BCUT2D eigenvalue weighted by Crippen LogP contribution is -2.40. The molecule has 1 saturated heterocycles. The number of carbonyl (C=O) groups excluding carboxylic acids is 1. The summed E-state index contributed by atoms with van der Waals surface area (Å²) in [5, 5.41) is 8.48. The normalized spacial score (nSPS) is 14.8. The summed E-state index contributed by atoms with van der Waals surface area (Å²) in [6.07, 6.45) is 3.34. The predicted octanol–water partition coefficient (Wildman–Crippen LogP) is 4.27. The fourth-order valence-electron chi connectivity index (χ4n) is 3.85. The van der Waals surface area contributed by atoms with Crippen molar-refractivity contribution in [2.45, 2.75) is 19.4 Å². The van der Waals surface area contributed by atoms with Crippen molar-refractivity contribution in [3.8, 4) is 11.3 Å². The van der Waals surface area contributed by atoms with Crippen molar-refractivity contribution in [3.63, 3.8) is 0 Å². The van der Waals surface area contributed by atoms with Gasteiger partial charge in [0, 0.05) is 31.1 Å². The Bertz CT molecular complexity index is 1200. The molecule has 5 rings (SSSR count). The van der Waals surface area contributed by atoms with Crippen LogP contribution in [0.3, 0.4) is 0 Å². The van der Waals surface area contributed by atoms with Crippen LogP contribution in [0.1, 0.15) is 18.4 Å². The third-order valence-corrected chi connectivity index (χ3v) is 6.67. The summed E-state index contributed by atoms with van der Waals surface area (Å²) < 4.78 is 27.9. The molecule has 1 fully saturated rings. The Morgan fingerprint density at radius 1 is 1.03 bits per heavy atom. The van der Waals surface area contributed by atoms with Gasteiger partial charge in [-0.15, -0.1) is 5.10 Å².